The van der Waals surface area contributed by atoms with Gasteiger partial charge in [-0.1, -0.05) is 0 Å². The van der Waals surface area contributed by atoms with E-state index in [-0.39, 0.29) is 11.7 Å². The topological polar surface area (TPSA) is 88.2 Å². The Hall–Kier alpha value is -2.70. The Balaban J connectivity index is 1.42. The monoisotopic (exact) mass is 384 g/mol. The number of carbonyl (C=O) groups excluding carboxylic acids is 2. The van der Waals surface area contributed by atoms with Gasteiger partial charge in [0.1, 0.15) is 11.5 Å². The van der Waals surface area contributed by atoms with E-state index in [9.17, 15) is 9.59 Å². The van der Waals surface area contributed by atoms with Crippen LogP contribution in [0.15, 0.2) is 30.6 Å². The number of unbranched alkanes of at least 4 members (excludes halogenated alkanes) is 1. The number of nitrogens with one attached hydrogen (secondary N) is 1. The van der Waals surface area contributed by atoms with E-state index in [4.69, 9.17) is 4.74 Å². The van der Waals surface area contributed by atoms with Crippen LogP contribution in [0.1, 0.15) is 45.4 Å². The molecule has 0 bridgehead atoms. The number of H-pyrrole nitrogens is 1. The molecule has 2 aromatic rings. The average Bonchev–Trinajstić information content (AvgIpc) is 3.25. The highest BCUT2D eigenvalue weighted by molar-refractivity contribution is 5.77. The van der Waals surface area contributed by atoms with Crippen molar-refractivity contribution >= 4 is 11.7 Å². The van der Waals surface area contributed by atoms with Crippen LogP contribution in [0.25, 0.3) is 11.4 Å². The highest BCUT2D eigenvalue weighted by Gasteiger charge is 2.23. The van der Waals surface area contributed by atoms with E-state index in [0.29, 0.717) is 25.4 Å². The normalized spacial score (nSPS) is 16.8. The van der Waals surface area contributed by atoms with Gasteiger partial charge in [-0.15, -0.1) is 0 Å². The Morgan fingerprint density at radius 2 is 2.11 bits per heavy atom. The molecule has 1 amide bonds. The molecule has 1 fully saturated rings. The summed E-state index contributed by atoms with van der Waals surface area (Å²) in [4.78, 5) is 29.7. The van der Waals surface area contributed by atoms with Crippen molar-refractivity contribution in [3.05, 3.63) is 30.6 Å². The molecule has 3 heterocycles. The van der Waals surface area contributed by atoms with E-state index in [0.717, 1.165) is 55.9 Å². The molecule has 0 aliphatic carbocycles. The molecule has 2 aromatic heterocycles. The molecule has 3 rings (SSSR count). The van der Waals surface area contributed by atoms with Gasteiger partial charge in [-0.2, -0.15) is 5.10 Å². The SMILES string of the molecule is CC(=O)CCCCC(=O)N1CCC[C@@H](COc2ccc(-c3ccn[nH]3)nc2)C1. The Kier molecular flexibility index (Phi) is 7.17. The van der Waals surface area contributed by atoms with Crippen molar-refractivity contribution in [2.75, 3.05) is 19.7 Å². The Labute approximate surface area is 165 Å². The maximum Gasteiger partial charge on any atom is 0.222 e. The molecular weight excluding hydrogens is 356 g/mol. The second-order valence-corrected chi connectivity index (χ2v) is 7.42. The lowest BCUT2D eigenvalue weighted by atomic mass is 9.98. The molecule has 7 nitrogen and oxygen atoms in total. The molecule has 0 saturated carbocycles. The quantitative estimate of drug-likeness (QED) is 0.671. The molecule has 1 aliphatic heterocycles. The number of hydrogen-bond donors (Lipinski definition) is 1. The molecule has 0 radical (unpaired) electrons. The van der Waals surface area contributed by atoms with Gasteiger partial charge >= 0.3 is 0 Å². The van der Waals surface area contributed by atoms with Crippen LogP contribution in [0, 0.1) is 5.92 Å². The summed E-state index contributed by atoms with van der Waals surface area (Å²) in [7, 11) is 0. The van der Waals surface area contributed by atoms with Crippen molar-refractivity contribution in [1.29, 1.82) is 0 Å². The first-order valence-corrected chi connectivity index (χ1v) is 9.97. The minimum atomic E-state index is 0.190. The van der Waals surface area contributed by atoms with Gasteiger partial charge in [0.2, 0.25) is 5.91 Å². The molecule has 7 heteroatoms. The van der Waals surface area contributed by atoms with Crippen molar-refractivity contribution < 1.29 is 14.3 Å². The number of carbonyl (C=O) groups is 2. The molecule has 1 aliphatic rings. The van der Waals surface area contributed by atoms with Gasteiger partial charge in [-0.05, 0) is 50.8 Å². The van der Waals surface area contributed by atoms with Gasteiger partial charge in [-0.25, -0.2) is 0 Å². The van der Waals surface area contributed by atoms with Gasteiger partial charge in [0.05, 0.1) is 24.2 Å². The van der Waals surface area contributed by atoms with Gasteiger partial charge < -0.3 is 14.4 Å². The minimum Gasteiger partial charge on any atom is -0.492 e. The third kappa shape index (κ3) is 5.90. The van der Waals surface area contributed by atoms with Gasteiger partial charge in [0, 0.05) is 38.0 Å². The van der Waals surface area contributed by atoms with Gasteiger partial charge in [-0.3, -0.25) is 14.9 Å². The first kappa shape index (κ1) is 20.0. The summed E-state index contributed by atoms with van der Waals surface area (Å²) < 4.78 is 5.91. The fourth-order valence-corrected chi connectivity index (χ4v) is 3.47. The maximum absolute atomic E-state index is 12.4. The second-order valence-electron chi connectivity index (χ2n) is 7.42. The summed E-state index contributed by atoms with van der Waals surface area (Å²) >= 11 is 0. The van der Waals surface area contributed by atoms with E-state index < -0.39 is 0 Å². The van der Waals surface area contributed by atoms with Crippen LogP contribution in [0.4, 0.5) is 0 Å². The lowest BCUT2D eigenvalue weighted by Gasteiger charge is -2.32. The van der Waals surface area contributed by atoms with Crippen molar-refractivity contribution in [2.45, 2.75) is 45.4 Å². The predicted octanol–water partition coefficient (Wildman–Crippen LogP) is 3.24. The molecule has 0 unspecified atom stereocenters. The third-order valence-corrected chi connectivity index (χ3v) is 5.04. The molecular formula is C21H28N4O3. The zero-order valence-electron chi connectivity index (χ0n) is 16.4. The Morgan fingerprint density at radius 1 is 1.25 bits per heavy atom. The first-order valence-electron chi connectivity index (χ1n) is 9.97. The van der Waals surface area contributed by atoms with Crippen molar-refractivity contribution in [3.63, 3.8) is 0 Å². The van der Waals surface area contributed by atoms with Crippen molar-refractivity contribution in [1.82, 2.24) is 20.1 Å². The van der Waals surface area contributed by atoms with E-state index in [1.807, 2.05) is 23.1 Å². The standard InChI is InChI=1S/C21H28N4O3/c1-16(26)5-2-3-7-21(27)25-12-4-6-17(14-25)15-28-18-8-9-19(22-13-18)20-10-11-23-24-20/h8-11,13,17H,2-7,12,14-15H2,1H3,(H,23,24)/t17-/m1/s1. The molecule has 1 saturated heterocycles. The van der Waals surface area contributed by atoms with E-state index in [2.05, 4.69) is 15.2 Å². The Bertz CT molecular complexity index is 758. The zero-order chi connectivity index (χ0) is 19.8. The number of hydrogen-bond acceptors (Lipinski definition) is 5. The Morgan fingerprint density at radius 3 is 2.82 bits per heavy atom. The number of ether oxygens (including phenoxy) is 1. The number of aromatic amines is 1. The minimum absolute atomic E-state index is 0.190. The molecule has 1 N–H and O–H groups in total. The predicted molar refractivity (Wildman–Crippen MR) is 106 cm³/mol. The van der Waals surface area contributed by atoms with Gasteiger partial charge in [0.15, 0.2) is 0 Å². The molecule has 0 spiro atoms. The fraction of sp³-hybridized carbons (Fsp3) is 0.524. The summed E-state index contributed by atoms with van der Waals surface area (Å²) in [5, 5.41) is 6.82. The number of likely N-dealkylation sites (tertiary alicyclic amines) is 1. The lowest BCUT2D eigenvalue weighted by molar-refractivity contribution is -0.133. The lowest BCUT2D eigenvalue weighted by Crippen LogP contribution is -2.41. The number of aromatic nitrogens is 3. The number of nitrogens with zero attached hydrogens (tertiary/aromatic N) is 3. The number of amides is 1. The van der Waals surface area contributed by atoms with Crippen LogP contribution in [0.5, 0.6) is 5.75 Å². The average molecular weight is 384 g/mol. The van der Waals surface area contributed by atoms with Crippen LogP contribution >= 0.6 is 0 Å². The summed E-state index contributed by atoms with van der Waals surface area (Å²) in [5.74, 6) is 1.45. The third-order valence-electron chi connectivity index (χ3n) is 5.04. The van der Waals surface area contributed by atoms with Crippen molar-refractivity contribution in [3.8, 4) is 17.1 Å². The van der Waals surface area contributed by atoms with Crippen LogP contribution in [0.3, 0.4) is 0 Å². The smallest absolute Gasteiger partial charge is 0.222 e. The number of ketones is 1. The van der Waals surface area contributed by atoms with Gasteiger partial charge in [0.25, 0.3) is 0 Å². The van der Waals surface area contributed by atoms with Crippen LogP contribution in [-0.2, 0) is 9.59 Å². The number of rotatable bonds is 9. The summed E-state index contributed by atoms with van der Waals surface area (Å²) in [6.07, 6.45) is 8.15. The number of piperidine rings is 1. The maximum atomic E-state index is 12.4. The molecule has 0 aromatic carbocycles. The van der Waals surface area contributed by atoms with E-state index in [1.54, 1.807) is 19.3 Å². The van der Waals surface area contributed by atoms with E-state index in [1.165, 1.54) is 0 Å². The molecule has 28 heavy (non-hydrogen) atoms. The zero-order valence-corrected chi connectivity index (χ0v) is 16.4. The fourth-order valence-electron chi connectivity index (χ4n) is 3.47. The highest BCUT2D eigenvalue weighted by atomic mass is 16.5. The largest absolute Gasteiger partial charge is 0.492 e. The van der Waals surface area contributed by atoms with Crippen LogP contribution < -0.4 is 4.74 Å². The second kappa shape index (κ2) is 10.0. The van der Waals surface area contributed by atoms with Crippen LogP contribution in [-0.4, -0.2) is 51.5 Å². The van der Waals surface area contributed by atoms with E-state index >= 15 is 0 Å². The summed E-state index contributed by atoms with van der Waals surface area (Å²) in [6.45, 7) is 3.74. The summed E-state index contributed by atoms with van der Waals surface area (Å²) in [6, 6.07) is 5.68. The molecule has 1 atom stereocenters. The van der Waals surface area contributed by atoms with Crippen LogP contribution in [0.2, 0.25) is 0 Å². The first-order chi connectivity index (χ1) is 13.6. The number of pyridine rings is 1. The molecule has 150 valence electrons. The van der Waals surface area contributed by atoms with Crippen molar-refractivity contribution in [2.24, 2.45) is 5.92 Å². The highest BCUT2D eigenvalue weighted by Crippen LogP contribution is 2.21. The summed E-state index contributed by atoms with van der Waals surface area (Å²) in [5.41, 5.74) is 1.69. The number of Topliss-reactive ketones (excluding diaryl/α,β-unsaturated/α-hetero) is 1.